The molecular weight excluding hydrogens is 344 g/mol. The number of ether oxygens (including phenoxy) is 1. The lowest BCUT2D eigenvalue weighted by atomic mass is 10.2. The number of nitrogens with zero attached hydrogens (tertiary/aromatic N) is 6. The van der Waals surface area contributed by atoms with Crippen molar-refractivity contribution in [2.45, 2.75) is 31.4 Å². The molecule has 0 aromatic carbocycles. The van der Waals surface area contributed by atoms with Crippen LogP contribution in [0.5, 0.6) is 5.88 Å². The van der Waals surface area contributed by atoms with Crippen LogP contribution in [-0.2, 0) is 11.8 Å². The van der Waals surface area contributed by atoms with Gasteiger partial charge in [-0.15, -0.1) is 0 Å². The first-order valence-electron chi connectivity index (χ1n) is 8.94. The standard InChI is InChI=1S/C19H22N6O2/c1-4-18(26)24(3)14-5-6-15(9-14)27-19-17-7-8-20-25(17)12-16(22-19)13-10-21-23(2)11-13/h4,7-8,10-12,14-15H,1,5-6,9H2,2-3H3/t14-,15+/m1/s1. The smallest absolute Gasteiger partial charge is 0.245 e. The van der Waals surface area contributed by atoms with Gasteiger partial charge in [-0.1, -0.05) is 6.58 Å². The number of hydrogen-bond donors (Lipinski definition) is 0. The number of fused-ring (bicyclic) bond motifs is 1. The molecule has 0 bridgehead atoms. The number of aromatic nitrogens is 5. The Kier molecular flexibility index (Phi) is 4.39. The highest BCUT2D eigenvalue weighted by atomic mass is 16.5. The summed E-state index contributed by atoms with van der Waals surface area (Å²) in [6.45, 7) is 3.56. The number of aryl methyl sites for hydroxylation is 1. The van der Waals surface area contributed by atoms with Gasteiger partial charge in [-0.25, -0.2) is 9.50 Å². The molecule has 1 fully saturated rings. The first-order valence-corrected chi connectivity index (χ1v) is 8.94. The minimum Gasteiger partial charge on any atom is -0.473 e. The Labute approximate surface area is 157 Å². The fraction of sp³-hybridized carbons (Fsp3) is 0.368. The van der Waals surface area contributed by atoms with Gasteiger partial charge in [0.2, 0.25) is 11.8 Å². The van der Waals surface area contributed by atoms with Crippen LogP contribution in [0.2, 0.25) is 0 Å². The van der Waals surface area contributed by atoms with E-state index in [0.717, 1.165) is 36.0 Å². The number of likely N-dealkylation sites (N-methyl/N-ethyl adjacent to an activating group) is 1. The number of carbonyl (C=O) groups excluding carboxylic acids is 1. The van der Waals surface area contributed by atoms with E-state index >= 15 is 0 Å². The van der Waals surface area contributed by atoms with E-state index in [1.807, 2.05) is 32.6 Å². The molecular formula is C19H22N6O2. The molecule has 0 aliphatic heterocycles. The lowest BCUT2D eigenvalue weighted by Gasteiger charge is -2.23. The molecule has 1 amide bonds. The third kappa shape index (κ3) is 3.30. The quantitative estimate of drug-likeness (QED) is 0.646. The van der Waals surface area contributed by atoms with Crippen molar-refractivity contribution >= 4 is 11.4 Å². The second kappa shape index (κ2) is 6.86. The largest absolute Gasteiger partial charge is 0.473 e. The molecule has 140 valence electrons. The Hall–Kier alpha value is -3.16. The predicted octanol–water partition coefficient (Wildman–Crippen LogP) is 2.07. The molecule has 0 spiro atoms. The van der Waals surface area contributed by atoms with E-state index in [9.17, 15) is 4.79 Å². The Morgan fingerprint density at radius 2 is 2.22 bits per heavy atom. The van der Waals surface area contributed by atoms with Crippen LogP contribution in [0.15, 0.2) is 43.5 Å². The third-order valence-electron chi connectivity index (χ3n) is 5.06. The highest BCUT2D eigenvalue weighted by Gasteiger charge is 2.31. The van der Waals surface area contributed by atoms with Crippen LogP contribution in [0.4, 0.5) is 0 Å². The number of rotatable bonds is 5. The zero-order valence-corrected chi connectivity index (χ0v) is 15.4. The molecule has 0 unspecified atom stereocenters. The second-order valence-electron chi connectivity index (χ2n) is 6.85. The van der Waals surface area contributed by atoms with Crippen LogP contribution in [0, 0.1) is 0 Å². The van der Waals surface area contributed by atoms with E-state index in [4.69, 9.17) is 9.72 Å². The zero-order valence-electron chi connectivity index (χ0n) is 15.4. The van der Waals surface area contributed by atoms with Gasteiger partial charge >= 0.3 is 0 Å². The second-order valence-corrected chi connectivity index (χ2v) is 6.85. The van der Waals surface area contributed by atoms with Gasteiger partial charge in [0.05, 0.1) is 24.3 Å². The van der Waals surface area contributed by atoms with Gasteiger partial charge < -0.3 is 9.64 Å². The Morgan fingerprint density at radius 1 is 1.37 bits per heavy atom. The van der Waals surface area contributed by atoms with Crippen LogP contribution < -0.4 is 4.74 Å². The minimum absolute atomic E-state index is 0.00501. The van der Waals surface area contributed by atoms with Gasteiger partial charge in [0.15, 0.2) is 0 Å². The lowest BCUT2D eigenvalue weighted by molar-refractivity contribution is -0.126. The van der Waals surface area contributed by atoms with E-state index in [1.165, 1.54) is 6.08 Å². The number of amides is 1. The molecule has 0 radical (unpaired) electrons. The Balaban J connectivity index is 1.58. The monoisotopic (exact) mass is 366 g/mol. The minimum atomic E-state index is -0.0597. The molecule has 0 N–H and O–H groups in total. The topological polar surface area (TPSA) is 77.6 Å². The molecule has 0 saturated heterocycles. The fourth-order valence-corrected chi connectivity index (χ4v) is 3.54. The summed E-state index contributed by atoms with van der Waals surface area (Å²) in [5, 5.41) is 8.54. The fourth-order valence-electron chi connectivity index (χ4n) is 3.54. The summed E-state index contributed by atoms with van der Waals surface area (Å²) in [5.41, 5.74) is 2.48. The van der Waals surface area contributed by atoms with Crippen molar-refractivity contribution in [3.8, 4) is 17.1 Å². The number of hydrogen-bond acceptors (Lipinski definition) is 5. The van der Waals surface area contributed by atoms with Gasteiger partial charge in [-0.05, 0) is 25.0 Å². The van der Waals surface area contributed by atoms with Gasteiger partial charge in [0, 0.05) is 38.3 Å². The maximum absolute atomic E-state index is 11.8. The first-order chi connectivity index (χ1) is 13.0. The van der Waals surface area contributed by atoms with Crippen LogP contribution in [-0.4, -0.2) is 54.4 Å². The van der Waals surface area contributed by atoms with Gasteiger partial charge in [0.25, 0.3) is 0 Å². The summed E-state index contributed by atoms with van der Waals surface area (Å²) < 4.78 is 9.75. The summed E-state index contributed by atoms with van der Waals surface area (Å²) >= 11 is 0. The molecule has 3 aromatic heterocycles. The lowest BCUT2D eigenvalue weighted by Crippen LogP contribution is -2.34. The summed E-state index contributed by atoms with van der Waals surface area (Å²) in [6, 6.07) is 2.04. The van der Waals surface area contributed by atoms with Gasteiger partial charge in [-0.2, -0.15) is 10.2 Å². The Bertz CT molecular complexity index is 991. The number of carbonyl (C=O) groups is 1. The predicted molar refractivity (Wildman–Crippen MR) is 100 cm³/mol. The van der Waals surface area contributed by atoms with Crippen molar-refractivity contribution in [2.24, 2.45) is 7.05 Å². The van der Waals surface area contributed by atoms with Crippen molar-refractivity contribution in [3.63, 3.8) is 0 Å². The molecule has 1 saturated carbocycles. The third-order valence-corrected chi connectivity index (χ3v) is 5.06. The molecule has 8 heteroatoms. The summed E-state index contributed by atoms with van der Waals surface area (Å²) in [6.07, 6.45) is 11.2. The van der Waals surface area contributed by atoms with Crippen LogP contribution in [0.3, 0.4) is 0 Å². The van der Waals surface area contributed by atoms with Crippen molar-refractivity contribution in [2.75, 3.05) is 7.05 Å². The maximum atomic E-state index is 11.8. The molecule has 27 heavy (non-hydrogen) atoms. The van der Waals surface area contributed by atoms with E-state index < -0.39 is 0 Å². The van der Waals surface area contributed by atoms with Gasteiger partial charge in [0.1, 0.15) is 11.6 Å². The van der Waals surface area contributed by atoms with Crippen LogP contribution in [0.1, 0.15) is 19.3 Å². The van der Waals surface area contributed by atoms with Crippen LogP contribution >= 0.6 is 0 Å². The molecule has 4 rings (SSSR count). The normalized spacial score (nSPS) is 19.3. The van der Waals surface area contributed by atoms with Crippen molar-refractivity contribution in [3.05, 3.63) is 43.5 Å². The van der Waals surface area contributed by atoms with E-state index in [2.05, 4.69) is 16.8 Å². The zero-order chi connectivity index (χ0) is 19.0. The van der Waals surface area contributed by atoms with E-state index in [0.29, 0.717) is 5.88 Å². The molecule has 2 atom stereocenters. The SMILES string of the molecule is C=CC(=O)N(C)[C@@H]1CC[C@H](Oc2nc(-c3cnn(C)c3)cn3nccc23)C1. The first kappa shape index (κ1) is 17.3. The maximum Gasteiger partial charge on any atom is 0.245 e. The van der Waals surface area contributed by atoms with Crippen molar-refractivity contribution in [1.82, 2.24) is 29.3 Å². The Morgan fingerprint density at radius 3 is 2.96 bits per heavy atom. The average molecular weight is 366 g/mol. The van der Waals surface area contributed by atoms with Gasteiger partial charge in [-0.3, -0.25) is 9.48 Å². The van der Waals surface area contributed by atoms with Crippen LogP contribution in [0.25, 0.3) is 16.8 Å². The van der Waals surface area contributed by atoms with Crippen molar-refractivity contribution < 1.29 is 9.53 Å². The average Bonchev–Trinajstić information content (AvgIpc) is 3.40. The molecule has 3 heterocycles. The molecule has 8 nitrogen and oxygen atoms in total. The van der Waals surface area contributed by atoms with E-state index in [1.54, 1.807) is 26.5 Å². The van der Waals surface area contributed by atoms with E-state index in [-0.39, 0.29) is 18.1 Å². The summed E-state index contributed by atoms with van der Waals surface area (Å²) in [4.78, 5) is 18.3. The van der Waals surface area contributed by atoms with Crippen molar-refractivity contribution in [1.29, 1.82) is 0 Å². The molecule has 1 aliphatic carbocycles. The molecule has 3 aromatic rings. The highest BCUT2D eigenvalue weighted by molar-refractivity contribution is 5.87. The summed E-state index contributed by atoms with van der Waals surface area (Å²) in [5.74, 6) is 0.493. The molecule has 1 aliphatic rings. The summed E-state index contributed by atoms with van der Waals surface area (Å²) in [7, 11) is 3.68. The highest BCUT2D eigenvalue weighted by Crippen LogP contribution is 2.30.